The molecule has 0 amide bonds. The van der Waals surface area contributed by atoms with Gasteiger partial charge in [0.15, 0.2) is 0 Å². The van der Waals surface area contributed by atoms with Crippen LogP contribution in [0.25, 0.3) is 0 Å². The second kappa shape index (κ2) is 5.82. The van der Waals surface area contributed by atoms with Gasteiger partial charge in [-0.05, 0) is 19.1 Å². The maximum absolute atomic E-state index is 12.8. The molecule has 1 rings (SSSR count). The van der Waals surface area contributed by atoms with Gasteiger partial charge in [0.05, 0.1) is 24.2 Å². The van der Waals surface area contributed by atoms with Crippen molar-refractivity contribution in [3.8, 4) is 5.75 Å². The summed E-state index contributed by atoms with van der Waals surface area (Å²) < 4.78 is 80.3. The number of ether oxygens (including phenoxy) is 1. The lowest BCUT2D eigenvalue weighted by Crippen LogP contribution is -2.17. The average molecular weight is 316 g/mol. The number of phenolic OH excluding ortho intramolecular Hbond substituents is 1. The van der Waals surface area contributed by atoms with E-state index in [9.17, 15) is 36.2 Å². The lowest BCUT2D eigenvalue weighted by Gasteiger charge is -2.17. The van der Waals surface area contributed by atoms with Crippen LogP contribution in [0.5, 0.6) is 5.75 Å². The van der Waals surface area contributed by atoms with Gasteiger partial charge in [-0.25, -0.2) is 0 Å². The molecule has 0 aliphatic rings. The van der Waals surface area contributed by atoms with Gasteiger partial charge in [0, 0.05) is 5.56 Å². The van der Waals surface area contributed by atoms with Crippen LogP contribution < -0.4 is 0 Å². The van der Waals surface area contributed by atoms with E-state index >= 15 is 0 Å². The molecule has 9 heteroatoms. The summed E-state index contributed by atoms with van der Waals surface area (Å²) in [4.78, 5) is 11.2. The van der Waals surface area contributed by atoms with Crippen LogP contribution in [-0.2, 0) is 28.3 Å². The number of rotatable bonds is 3. The molecule has 0 saturated heterocycles. The number of carbonyl (C=O) groups excluding carboxylic acids is 1. The number of halogens is 6. The van der Waals surface area contributed by atoms with Crippen molar-refractivity contribution in [1.82, 2.24) is 0 Å². The van der Waals surface area contributed by atoms with Crippen LogP contribution in [0.15, 0.2) is 12.1 Å². The molecule has 0 aliphatic heterocycles. The van der Waals surface area contributed by atoms with E-state index in [1.165, 1.54) is 6.92 Å². The Morgan fingerprint density at radius 3 is 2.14 bits per heavy atom. The Balaban J connectivity index is 3.39. The third-order valence-electron chi connectivity index (χ3n) is 2.49. The van der Waals surface area contributed by atoms with Crippen molar-refractivity contribution in [2.45, 2.75) is 25.7 Å². The summed E-state index contributed by atoms with van der Waals surface area (Å²) in [6.45, 7) is 1.30. The normalized spacial score (nSPS) is 12.3. The fraction of sp³-hybridized carbons (Fsp3) is 0.417. The standard InChI is InChI=1S/C12H10F6O3/c1-2-21-10(20)5-7-8(12(16,17)18)3-6(4-9(7)19)11(13,14)15/h3-4,19H,2,5H2,1H3. The molecule has 0 atom stereocenters. The van der Waals surface area contributed by atoms with Crippen molar-refractivity contribution in [1.29, 1.82) is 0 Å². The summed E-state index contributed by atoms with van der Waals surface area (Å²) in [5.74, 6) is -2.34. The Morgan fingerprint density at radius 2 is 1.71 bits per heavy atom. The molecule has 0 aromatic heterocycles. The second-order valence-electron chi connectivity index (χ2n) is 4.00. The quantitative estimate of drug-likeness (QED) is 0.685. The fourth-order valence-corrected chi connectivity index (χ4v) is 1.62. The van der Waals surface area contributed by atoms with E-state index in [1.54, 1.807) is 0 Å². The maximum atomic E-state index is 12.8. The van der Waals surface area contributed by atoms with E-state index in [0.717, 1.165) is 0 Å². The molecule has 0 radical (unpaired) electrons. The van der Waals surface area contributed by atoms with Gasteiger partial charge in [-0.2, -0.15) is 26.3 Å². The van der Waals surface area contributed by atoms with Gasteiger partial charge < -0.3 is 9.84 Å². The van der Waals surface area contributed by atoms with Gasteiger partial charge in [0.2, 0.25) is 0 Å². The Bertz CT molecular complexity index is 533. The molecule has 0 unspecified atom stereocenters. The monoisotopic (exact) mass is 316 g/mol. The predicted octanol–water partition coefficient (Wildman–Crippen LogP) is 3.54. The molecule has 0 bridgehead atoms. The van der Waals surface area contributed by atoms with Crippen molar-refractivity contribution in [3.63, 3.8) is 0 Å². The molecule has 0 heterocycles. The van der Waals surface area contributed by atoms with Gasteiger partial charge in [0.25, 0.3) is 0 Å². The van der Waals surface area contributed by atoms with E-state index in [-0.39, 0.29) is 18.7 Å². The van der Waals surface area contributed by atoms with Crippen LogP contribution >= 0.6 is 0 Å². The molecule has 118 valence electrons. The van der Waals surface area contributed by atoms with Gasteiger partial charge in [0.1, 0.15) is 5.75 Å². The number of alkyl halides is 6. The summed E-state index contributed by atoms with van der Waals surface area (Å²) in [5, 5.41) is 9.41. The number of esters is 1. The third-order valence-corrected chi connectivity index (χ3v) is 2.49. The van der Waals surface area contributed by atoms with Gasteiger partial charge in [-0.3, -0.25) is 4.79 Å². The Kier molecular flexibility index (Phi) is 4.75. The predicted molar refractivity (Wildman–Crippen MR) is 58.4 cm³/mol. The maximum Gasteiger partial charge on any atom is 0.416 e. The first-order valence-electron chi connectivity index (χ1n) is 5.62. The van der Waals surface area contributed by atoms with Crippen LogP contribution in [0.3, 0.4) is 0 Å². The molecular weight excluding hydrogens is 306 g/mol. The van der Waals surface area contributed by atoms with E-state index in [1.807, 2.05) is 0 Å². The Morgan fingerprint density at radius 1 is 1.14 bits per heavy atom. The zero-order chi connectivity index (χ0) is 16.4. The van der Waals surface area contributed by atoms with E-state index < -0.39 is 47.2 Å². The van der Waals surface area contributed by atoms with Gasteiger partial charge >= 0.3 is 18.3 Å². The third kappa shape index (κ3) is 4.27. The van der Waals surface area contributed by atoms with Crippen LogP contribution in [0, 0.1) is 0 Å². The summed E-state index contributed by atoms with van der Waals surface area (Å²) in [6, 6.07) is -0.00191. The first-order valence-corrected chi connectivity index (χ1v) is 5.62. The molecule has 1 aromatic carbocycles. The minimum atomic E-state index is -5.15. The highest BCUT2D eigenvalue weighted by Gasteiger charge is 2.40. The number of hydrogen-bond donors (Lipinski definition) is 1. The Hall–Kier alpha value is -1.93. The first-order chi connectivity index (χ1) is 9.46. The summed E-state index contributed by atoms with van der Waals surface area (Å²) in [5.41, 5.74) is -4.32. The number of carbonyl (C=O) groups is 1. The largest absolute Gasteiger partial charge is 0.508 e. The molecule has 1 aromatic rings. The molecule has 0 fully saturated rings. The zero-order valence-electron chi connectivity index (χ0n) is 10.6. The van der Waals surface area contributed by atoms with E-state index in [0.29, 0.717) is 0 Å². The lowest BCUT2D eigenvalue weighted by atomic mass is 9.99. The minimum absolute atomic E-state index is 0.110. The van der Waals surface area contributed by atoms with Crippen molar-refractivity contribution in [2.24, 2.45) is 0 Å². The van der Waals surface area contributed by atoms with Crippen molar-refractivity contribution in [3.05, 3.63) is 28.8 Å². The second-order valence-corrected chi connectivity index (χ2v) is 4.00. The van der Waals surface area contributed by atoms with Crippen molar-refractivity contribution < 1.29 is 41.0 Å². The van der Waals surface area contributed by atoms with E-state index in [2.05, 4.69) is 4.74 Å². The van der Waals surface area contributed by atoms with Crippen molar-refractivity contribution in [2.75, 3.05) is 6.61 Å². The Labute approximate surface area is 115 Å². The molecule has 1 N–H and O–H groups in total. The molecule has 0 saturated carbocycles. The lowest BCUT2D eigenvalue weighted by molar-refractivity contribution is -0.144. The molecule has 0 aliphatic carbocycles. The van der Waals surface area contributed by atoms with Crippen LogP contribution in [0.2, 0.25) is 0 Å². The summed E-state index contributed by atoms with van der Waals surface area (Å²) in [6.07, 6.45) is -11.2. The fourth-order valence-electron chi connectivity index (χ4n) is 1.62. The number of aromatic hydroxyl groups is 1. The zero-order valence-corrected chi connectivity index (χ0v) is 10.6. The van der Waals surface area contributed by atoms with Crippen molar-refractivity contribution >= 4 is 5.97 Å². The molecule has 21 heavy (non-hydrogen) atoms. The first kappa shape index (κ1) is 17.1. The van der Waals surface area contributed by atoms with Crippen LogP contribution in [0.1, 0.15) is 23.6 Å². The highest BCUT2D eigenvalue weighted by molar-refractivity contribution is 5.74. The number of benzene rings is 1. The molecule has 0 spiro atoms. The molecule has 3 nitrogen and oxygen atoms in total. The van der Waals surface area contributed by atoms with E-state index in [4.69, 9.17) is 0 Å². The highest BCUT2D eigenvalue weighted by Crippen LogP contribution is 2.41. The van der Waals surface area contributed by atoms with Crippen LogP contribution in [0.4, 0.5) is 26.3 Å². The summed E-state index contributed by atoms with van der Waals surface area (Å²) >= 11 is 0. The van der Waals surface area contributed by atoms with Gasteiger partial charge in [-0.1, -0.05) is 0 Å². The van der Waals surface area contributed by atoms with Gasteiger partial charge in [-0.15, -0.1) is 0 Å². The topological polar surface area (TPSA) is 46.5 Å². The number of phenols is 1. The average Bonchev–Trinajstić information content (AvgIpc) is 2.28. The smallest absolute Gasteiger partial charge is 0.416 e. The highest BCUT2D eigenvalue weighted by atomic mass is 19.4. The molecular formula is C12H10F6O3. The minimum Gasteiger partial charge on any atom is -0.508 e. The van der Waals surface area contributed by atoms with Crippen LogP contribution in [-0.4, -0.2) is 17.7 Å². The summed E-state index contributed by atoms with van der Waals surface area (Å²) in [7, 11) is 0. The number of hydrogen-bond acceptors (Lipinski definition) is 3. The SMILES string of the molecule is CCOC(=O)Cc1c(O)cc(C(F)(F)F)cc1C(F)(F)F.